The highest BCUT2D eigenvalue weighted by Crippen LogP contribution is 2.25. The molecule has 0 aromatic carbocycles. The number of aryl methyl sites for hydroxylation is 1. The third-order valence-electron chi connectivity index (χ3n) is 3.23. The topological polar surface area (TPSA) is 107 Å². The molecular weight excluding hydrogens is 270 g/mol. The van der Waals surface area contributed by atoms with Crippen molar-refractivity contribution in [1.29, 1.82) is 0 Å². The Labute approximate surface area is 119 Å². The van der Waals surface area contributed by atoms with E-state index in [1.807, 2.05) is 6.92 Å². The predicted molar refractivity (Wildman–Crippen MR) is 79.1 cm³/mol. The third-order valence-corrected chi connectivity index (χ3v) is 3.23. The number of methoxy groups -OCH3 is 1. The number of pyridine rings is 2. The maximum absolute atomic E-state index is 11.9. The van der Waals surface area contributed by atoms with Crippen LogP contribution in [0.2, 0.25) is 0 Å². The van der Waals surface area contributed by atoms with Gasteiger partial charge in [0, 0.05) is 24.2 Å². The van der Waals surface area contributed by atoms with Crippen LogP contribution in [0.5, 0.6) is 6.01 Å². The highest BCUT2D eigenvalue weighted by molar-refractivity contribution is 5.94. The van der Waals surface area contributed by atoms with Crippen molar-refractivity contribution in [3.05, 3.63) is 40.6 Å². The van der Waals surface area contributed by atoms with Gasteiger partial charge in [-0.15, -0.1) is 0 Å². The number of nitrogens with two attached hydrogens (primary N) is 1. The lowest BCUT2D eigenvalue weighted by molar-refractivity contribution is 0.380. The molecule has 0 amide bonds. The summed E-state index contributed by atoms with van der Waals surface area (Å²) < 4.78 is 4.92. The molecule has 106 valence electrons. The summed E-state index contributed by atoms with van der Waals surface area (Å²) in [4.78, 5) is 26.9. The van der Waals surface area contributed by atoms with Gasteiger partial charge in [0.15, 0.2) is 0 Å². The summed E-state index contributed by atoms with van der Waals surface area (Å²) in [7, 11) is 1.50. The van der Waals surface area contributed by atoms with Crippen LogP contribution in [-0.4, -0.2) is 27.0 Å². The molecule has 0 aliphatic heterocycles. The highest BCUT2D eigenvalue weighted by Gasteiger charge is 2.11. The summed E-state index contributed by atoms with van der Waals surface area (Å²) in [5, 5.41) is 1.16. The SMILES string of the molecule is COc1ncc(-c2cc3c(C)c[nH]c(=O)c3c(N)n2)cn1. The Hall–Kier alpha value is -2.96. The molecule has 3 aromatic heterocycles. The summed E-state index contributed by atoms with van der Waals surface area (Å²) in [5.74, 6) is 0.184. The highest BCUT2D eigenvalue weighted by atomic mass is 16.5. The first-order valence-corrected chi connectivity index (χ1v) is 6.25. The van der Waals surface area contributed by atoms with E-state index in [0.717, 1.165) is 10.9 Å². The Balaban J connectivity index is 2.24. The molecular formula is C14H13N5O2. The number of nitrogens with zero attached hydrogens (tertiary/aromatic N) is 3. The molecule has 0 fully saturated rings. The minimum Gasteiger partial charge on any atom is -0.467 e. The first-order valence-electron chi connectivity index (χ1n) is 6.25. The molecule has 7 heteroatoms. The average molecular weight is 283 g/mol. The van der Waals surface area contributed by atoms with E-state index in [0.29, 0.717) is 16.6 Å². The molecule has 0 bridgehead atoms. The van der Waals surface area contributed by atoms with E-state index in [4.69, 9.17) is 10.5 Å². The molecule has 0 aliphatic rings. The van der Waals surface area contributed by atoms with E-state index in [1.165, 1.54) is 7.11 Å². The summed E-state index contributed by atoms with van der Waals surface area (Å²) in [6.45, 7) is 1.89. The molecule has 3 rings (SSSR count). The zero-order chi connectivity index (χ0) is 15.0. The number of ether oxygens (including phenoxy) is 1. The van der Waals surface area contributed by atoms with Gasteiger partial charge in [-0.25, -0.2) is 15.0 Å². The van der Waals surface area contributed by atoms with Crippen LogP contribution < -0.4 is 16.0 Å². The quantitative estimate of drug-likeness (QED) is 0.733. The summed E-state index contributed by atoms with van der Waals surface area (Å²) in [5.41, 5.74) is 7.89. The second kappa shape index (κ2) is 4.86. The lowest BCUT2D eigenvalue weighted by Gasteiger charge is -2.07. The van der Waals surface area contributed by atoms with E-state index in [9.17, 15) is 4.79 Å². The number of H-pyrrole nitrogens is 1. The number of aromatic nitrogens is 4. The largest absolute Gasteiger partial charge is 0.467 e. The Bertz CT molecular complexity index is 871. The lowest BCUT2D eigenvalue weighted by Crippen LogP contribution is -2.10. The minimum atomic E-state index is -0.252. The predicted octanol–water partition coefficient (Wildman–Crippen LogP) is 1.28. The molecule has 0 saturated carbocycles. The fourth-order valence-corrected chi connectivity index (χ4v) is 2.14. The van der Waals surface area contributed by atoms with Crippen molar-refractivity contribution < 1.29 is 4.74 Å². The van der Waals surface area contributed by atoms with E-state index in [1.54, 1.807) is 24.7 Å². The number of nitrogens with one attached hydrogen (secondary N) is 1. The number of nitrogen functional groups attached to an aromatic ring is 1. The first kappa shape index (κ1) is 13.0. The molecule has 0 unspecified atom stereocenters. The summed E-state index contributed by atoms with van der Waals surface area (Å²) in [6, 6.07) is 2.08. The molecule has 21 heavy (non-hydrogen) atoms. The zero-order valence-electron chi connectivity index (χ0n) is 11.5. The number of aromatic amines is 1. The van der Waals surface area contributed by atoms with E-state index in [-0.39, 0.29) is 17.4 Å². The van der Waals surface area contributed by atoms with Gasteiger partial charge in [0.25, 0.3) is 5.56 Å². The molecule has 0 spiro atoms. The van der Waals surface area contributed by atoms with Crippen molar-refractivity contribution in [1.82, 2.24) is 19.9 Å². The van der Waals surface area contributed by atoms with Gasteiger partial charge in [-0.1, -0.05) is 0 Å². The van der Waals surface area contributed by atoms with Gasteiger partial charge in [-0.3, -0.25) is 4.79 Å². The Morgan fingerprint density at radius 2 is 2.00 bits per heavy atom. The van der Waals surface area contributed by atoms with E-state index >= 15 is 0 Å². The number of rotatable bonds is 2. The Morgan fingerprint density at radius 3 is 2.67 bits per heavy atom. The summed E-state index contributed by atoms with van der Waals surface area (Å²) >= 11 is 0. The van der Waals surface area contributed by atoms with Crippen LogP contribution in [0, 0.1) is 6.92 Å². The third kappa shape index (κ3) is 2.18. The van der Waals surface area contributed by atoms with Gasteiger partial charge in [-0.05, 0) is 23.9 Å². The van der Waals surface area contributed by atoms with Crippen LogP contribution in [0.15, 0.2) is 29.5 Å². The number of hydrogen-bond acceptors (Lipinski definition) is 6. The van der Waals surface area contributed by atoms with Gasteiger partial charge in [0.05, 0.1) is 18.2 Å². The maximum Gasteiger partial charge on any atom is 0.316 e. The second-order valence-electron chi connectivity index (χ2n) is 4.57. The van der Waals surface area contributed by atoms with Gasteiger partial charge in [-0.2, -0.15) is 0 Å². The van der Waals surface area contributed by atoms with Gasteiger partial charge >= 0.3 is 6.01 Å². The number of hydrogen-bond donors (Lipinski definition) is 2. The van der Waals surface area contributed by atoms with Crippen LogP contribution in [-0.2, 0) is 0 Å². The second-order valence-corrected chi connectivity index (χ2v) is 4.57. The molecule has 7 nitrogen and oxygen atoms in total. The van der Waals surface area contributed by atoms with Crippen molar-refractivity contribution in [2.45, 2.75) is 6.92 Å². The van der Waals surface area contributed by atoms with Crippen LogP contribution in [0.3, 0.4) is 0 Å². The molecule has 3 heterocycles. The van der Waals surface area contributed by atoms with Gasteiger partial charge in [0.1, 0.15) is 5.82 Å². The smallest absolute Gasteiger partial charge is 0.316 e. The van der Waals surface area contributed by atoms with Crippen molar-refractivity contribution in [2.75, 3.05) is 12.8 Å². The fraction of sp³-hybridized carbons (Fsp3) is 0.143. The van der Waals surface area contributed by atoms with Crippen molar-refractivity contribution in [2.24, 2.45) is 0 Å². The molecule has 0 radical (unpaired) electrons. The van der Waals surface area contributed by atoms with Crippen molar-refractivity contribution >= 4 is 16.6 Å². The summed E-state index contributed by atoms with van der Waals surface area (Å²) in [6.07, 6.45) is 4.85. The maximum atomic E-state index is 11.9. The van der Waals surface area contributed by atoms with Crippen LogP contribution in [0.1, 0.15) is 5.56 Å². The molecule has 0 atom stereocenters. The zero-order valence-corrected chi connectivity index (χ0v) is 11.5. The lowest BCUT2D eigenvalue weighted by atomic mass is 10.1. The Morgan fingerprint density at radius 1 is 1.29 bits per heavy atom. The van der Waals surface area contributed by atoms with E-state index in [2.05, 4.69) is 19.9 Å². The minimum absolute atomic E-state index is 0.184. The van der Waals surface area contributed by atoms with Gasteiger partial charge < -0.3 is 15.5 Å². The van der Waals surface area contributed by atoms with Crippen molar-refractivity contribution in [3.63, 3.8) is 0 Å². The van der Waals surface area contributed by atoms with Crippen LogP contribution in [0.25, 0.3) is 22.0 Å². The van der Waals surface area contributed by atoms with Crippen LogP contribution >= 0.6 is 0 Å². The molecule has 0 saturated heterocycles. The first-order chi connectivity index (χ1) is 10.1. The van der Waals surface area contributed by atoms with Crippen LogP contribution in [0.4, 0.5) is 5.82 Å². The number of fused-ring (bicyclic) bond motifs is 1. The van der Waals surface area contributed by atoms with Crippen molar-refractivity contribution in [3.8, 4) is 17.3 Å². The normalized spacial score (nSPS) is 10.8. The molecule has 3 N–H and O–H groups in total. The molecule has 3 aromatic rings. The van der Waals surface area contributed by atoms with E-state index < -0.39 is 0 Å². The Kier molecular flexibility index (Phi) is 3.02. The number of anilines is 1. The van der Waals surface area contributed by atoms with Gasteiger partial charge in [0.2, 0.25) is 0 Å². The standard InChI is InChI=1S/C14H13N5O2/c1-7-4-16-13(20)11-9(7)3-10(19-12(11)15)8-5-17-14(21-2)18-6-8/h3-6H,1-2H3,(H2,15,19)(H,16,20). The monoisotopic (exact) mass is 283 g/mol. The molecule has 0 aliphatic carbocycles. The average Bonchev–Trinajstić information content (AvgIpc) is 2.50. The fourth-order valence-electron chi connectivity index (χ4n) is 2.14.